The van der Waals surface area contributed by atoms with Crippen molar-refractivity contribution in [3.05, 3.63) is 34.3 Å². The van der Waals surface area contributed by atoms with Gasteiger partial charge < -0.3 is 9.84 Å². The number of carbonyl (C=O) groups is 2. The van der Waals surface area contributed by atoms with Crippen LogP contribution in [-0.4, -0.2) is 23.7 Å². The number of carboxylic acid groups (broad SMARTS) is 1. The second kappa shape index (κ2) is 7.94. The summed E-state index contributed by atoms with van der Waals surface area (Å²) in [4.78, 5) is 22.8. The van der Waals surface area contributed by atoms with E-state index in [-0.39, 0.29) is 6.42 Å². The monoisotopic (exact) mass is 328 g/mol. The van der Waals surface area contributed by atoms with Crippen LogP contribution in [0, 0.1) is 0 Å². The van der Waals surface area contributed by atoms with Crippen molar-refractivity contribution in [3.8, 4) is 0 Å². The molecule has 1 atom stereocenters. The van der Waals surface area contributed by atoms with Gasteiger partial charge in [-0.3, -0.25) is 9.59 Å². The van der Waals surface area contributed by atoms with Crippen LogP contribution < -0.4 is 0 Å². The zero-order valence-electron chi connectivity index (χ0n) is 10.8. The van der Waals surface area contributed by atoms with Crippen LogP contribution in [0.25, 0.3) is 0 Å². The molecule has 4 nitrogen and oxygen atoms in total. The molecule has 0 saturated carbocycles. The minimum Gasteiger partial charge on any atom is -0.481 e. The summed E-state index contributed by atoms with van der Waals surface area (Å²) in [7, 11) is 0. The summed E-state index contributed by atoms with van der Waals surface area (Å²) in [6, 6.07) is 6.96. The second-order valence-electron chi connectivity index (χ2n) is 4.22. The minimum absolute atomic E-state index is 0.143. The third-order valence-electron chi connectivity index (χ3n) is 2.68. The SMILES string of the molecule is CCCCOC(=O)CC(C(=O)O)c1cccc(Br)c1. The van der Waals surface area contributed by atoms with Gasteiger partial charge in [-0.2, -0.15) is 0 Å². The molecule has 0 aliphatic rings. The fourth-order valence-corrected chi connectivity index (χ4v) is 2.04. The Balaban J connectivity index is 2.68. The quantitative estimate of drug-likeness (QED) is 0.615. The molecule has 0 heterocycles. The molecule has 0 saturated heterocycles. The third kappa shape index (κ3) is 5.42. The van der Waals surface area contributed by atoms with Gasteiger partial charge in [0.15, 0.2) is 0 Å². The molecule has 0 spiro atoms. The molecule has 0 fully saturated rings. The molecular formula is C14H17BrO4. The number of carbonyl (C=O) groups excluding carboxylic acids is 1. The van der Waals surface area contributed by atoms with Crippen LogP contribution in [0.4, 0.5) is 0 Å². The van der Waals surface area contributed by atoms with Gasteiger partial charge in [0, 0.05) is 4.47 Å². The van der Waals surface area contributed by atoms with E-state index in [1.165, 1.54) is 0 Å². The van der Waals surface area contributed by atoms with Gasteiger partial charge in [0.25, 0.3) is 0 Å². The number of esters is 1. The first-order valence-electron chi connectivity index (χ1n) is 6.18. The Morgan fingerprint density at radius 3 is 2.74 bits per heavy atom. The van der Waals surface area contributed by atoms with Crippen molar-refractivity contribution in [1.29, 1.82) is 0 Å². The lowest BCUT2D eigenvalue weighted by atomic mass is 9.96. The van der Waals surface area contributed by atoms with E-state index in [1.54, 1.807) is 18.2 Å². The number of carboxylic acids is 1. The molecule has 104 valence electrons. The molecule has 1 rings (SSSR count). The number of hydrogen-bond acceptors (Lipinski definition) is 3. The minimum atomic E-state index is -1.02. The molecule has 0 aliphatic heterocycles. The van der Waals surface area contributed by atoms with Gasteiger partial charge in [-0.1, -0.05) is 41.4 Å². The normalized spacial score (nSPS) is 11.9. The Bertz CT molecular complexity index is 445. The van der Waals surface area contributed by atoms with E-state index < -0.39 is 17.9 Å². The number of halogens is 1. The van der Waals surface area contributed by atoms with Crippen molar-refractivity contribution in [1.82, 2.24) is 0 Å². The van der Waals surface area contributed by atoms with Crippen LogP contribution in [0.3, 0.4) is 0 Å². The first kappa shape index (κ1) is 15.7. The van der Waals surface area contributed by atoms with Crippen molar-refractivity contribution in [3.63, 3.8) is 0 Å². The van der Waals surface area contributed by atoms with Crippen molar-refractivity contribution >= 4 is 27.9 Å². The highest BCUT2D eigenvalue weighted by molar-refractivity contribution is 9.10. The lowest BCUT2D eigenvalue weighted by Gasteiger charge is -2.12. The van der Waals surface area contributed by atoms with Gasteiger partial charge in [-0.05, 0) is 24.1 Å². The zero-order valence-corrected chi connectivity index (χ0v) is 12.4. The predicted octanol–water partition coefficient (Wildman–Crippen LogP) is 3.35. The Morgan fingerprint density at radius 1 is 1.42 bits per heavy atom. The largest absolute Gasteiger partial charge is 0.481 e. The van der Waals surface area contributed by atoms with Crippen LogP contribution in [0.1, 0.15) is 37.7 Å². The molecule has 1 aromatic rings. The number of rotatable bonds is 7. The summed E-state index contributed by atoms with van der Waals surface area (Å²) < 4.78 is 5.79. The highest BCUT2D eigenvalue weighted by atomic mass is 79.9. The second-order valence-corrected chi connectivity index (χ2v) is 5.14. The Hall–Kier alpha value is -1.36. The Kier molecular flexibility index (Phi) is 6.56. The average molecular weight is 329 g/mol. The van der Waals surface area contributed by atoms with E-state index >= 15 is 0 Å². The van der Waals surface area contributed by atoms with Crippen molar-refractivity contribution in [2.75, 3.05) is 6.61 Å². The number of ether oxygens (including phenoxy) is 1. The molecule has 0 aromatic heterocycles. The highest BCUT2D eigenvalue weighted by Gasteiger charge is 2.24. The standard InChI is InChI=1S/C14H17BrO4/c1-2-3-7-19-13(16)9-12(14(17)18)10-5-4-6-11(15)8-10/h4-6,8,12H,2-3,7,9H2,1H3,(H,17,18). The fourth-order valence-electron chi connectivity index (χ4n) is 1.63. The predicted molar refractivity (Wildman–Crippen MR) is 75.0 cm³/mol. The Labute approximate surface area is 120 Å². The molecule has 1 N–H and O–H groups in total. The van der Waals surface area contributed by atoms with Crippen molar-refractivity contribution < 1.29 is 19.4 Å². The molecule has 0 radical (unpaired) electrons. The number of hydrogen-bond donors (Lipinski definition) is 1. The molecular weight excluding hydrogens is 312 g/mol. The summed E-state index contributed by atoms with van der Waals surface area (Å²) in [5.74, 6) is -2.36. The average Bonchev–Trinajstić information content (AvgIpc) is 2.36. The van der Waals surface area contributed by atoms with E-state index in [0.717, 1.165) is 17.3 Å². The molecule has 0 aliphatic carbocycles. The zero-order chi connectivity index (χ0) is 14.3. The van der Waals surface area contributed by atoms with E-state index in [2.05, 4.69) is 15.9 Å². The summed E-state index contributed by atoms with van der Waals surface area (Å²) in [6.45, 7) is 2.34. The van der Waals surface area contributed by atoms with Crippen LogP contribution >= 0.6 is 15.9 Å². The number of aliphatic carboxylic acids is 1. The maximum atomic E-state index is 11.6. The maximum Gasteiger partial charge on any atom is 0.311 e. The van der Waals surface area contributed by atoms with Gasteiger partial charge >= 0.3 is 11.9 Å². The van der Waals surface area contributed by atoms with Crippen LogP contribution in [0.5, 0.6) is 0 Å². The van der Waals surface area contributed by atoms with Crippen LogP contribution in [-0.2, 0) is 14.3 Å². The van der Waals surface area contributed by atoms with E-state index in [9.17, 15) is 14.7 Å². The first-order chi connectivity index (χ1) is 9.04. The molecule has 19 heavy (non-hydrogen) atoms. The molecule has 5 heteroatoms. The maximum absolute atomic E-state index is 11.6. The summed E-state index contributed by atoms with van der Waals surface area (Å²) in [6.07, 6.45) is 1.58. The topological polar surface area (TPSA) is 63.6 Å². The molecule has 0 bridgehead atoms. The van der Waals surface area contributed by atoms with Gasteiger partial charge in [0.1, 0.15) is 0 Å². The van der Waals surface area contributed by atoms with E-state index in [4.69, 9.17) is 4.74 Å². The third-order valence-corrected chi connectivity index (χ3v) is 3.17. The summed E-state index contributed by atoms with van der Waals surface area (Å²) in [5.41, 5.74) is 0.592. The summed E-state index contributed by atoms with van der Waals surface area (Å²) in [5, 5.41) is 9.21. The van der Waals surface area contributed by atoms with Gasteiger partial charge in [-0.15, -0.1) is 0 Å². The van der Waals surface area contributed by atoms with Crippen LogP contribution in [0.2, 0.25) is 0 Å². The Morgan fingerprint density at radius 2 is 2.16 bits per heavy atom. The van der Waals surface area contributed by atoms with Gasteiger partial charge in [0.05, 0.1) is 18.9 Å². The van der Waals surface area contributed by atoms with Gasteiger partial charge in [0.2, 0.25) is 0 Å². The lowest BCUT2D eigenvalue weighted by molar-refractivity contribution is -0.149. The van der Waals surface area contributed by atoms with E-state index in [0.29, 0.717) is 12.2 Å². The summed E-state index contributed by atoms with van der Waals surface area (Å²) >= 11 is 3.29. The molecule has 1 unspecified atom stereocenters. The number of benzene rings is 1. The molecule has 1 aromatic carbocycles. The first-order valence-corrected chi connectivity index (χ1v) is 6.97. The molecule has 0 amide bonds. The van der Waals surface area contributed by atoms with E-state index in [1.807, 2.05) is 13.0 Å². The van der Waals surface area contributed by atoms with Crippen LogP contribution in [0.15, 0.2) is 28.7 Å². The van der Waals surface area contributed by atoms with Gasteiger partial charge in [-0.25, -0.2) is 0 Å². The highest BCUT2D eigenvalue weighted by Crippen LogP contribution is 2.23. The fraction of sp³-hybridized carbons (Fsp3) is 0.429. The smallest absolute Gasteiger partial charge is 0.311 e. The van der Waals surface area contributed by atoms with Crippen molar-refractivity contribution in [2.45, 2.75) is 32.1 Å². The lowest BCUT2D eigenvalue weighted by Crippen LogP contribution is -2.18. The number of unbranched alkanes of at least 4 members (excludes halogenated alkanes) is 1. The van der Waals surface area contributed by atoms with Crippen molar-refractivity contribution in [2.24, 2.45) is 0 Å².